The Labute approximate surface area is 70.9 Å². The molecule has 2 rings (SSSR count). The number of rotatable bonds is 0. The lowest BCUT2D eigenvalue weighted by molar-refractivity contribution is -0.120. The van der Waals surface area contributed by atoms with Crippen molar-refractivity contribution in [2.24, 2.45) is 0 Å². The molecule has 1 aliphatic rings. The third-order valence-corrected chi connectivity index (χ3v) is 1.69. The van der Waals surface area contributed by atoms with Gasteiger partial charge in [0, 0.05) is 18.1 Å². The number of carbonyl (C=O) groups excluding carboxylic acids is 1. The first-order valence-electron chi connectivity index (χ1n) is 4.12. The molecule has 1 saturated carbocycles. The summed E-state index contributed by atoms with van der Waals surface area (Å²) in [4.78, 5) is 10.5. The lowest BCUT2D eigenvalue weighted by atomic mass is 10.00. The first-order chi connectivity index (χ1) is 5.89. The zero-order valence-electron chi connectivity index (χ0n) is 6.90. The molecular weight excluding hydrogens is 156 g/mol. The Bertz CT molecular complexity index is 184. The molecule has 0 amide bonds. The number of Topliss-reactive ketones (excluding diaryl/α,β-unsaturated/α-hetero) is 1. The Morgan fingerprint density at radius 2 is 2.00 bits per heavy atom. The fraction of sp³-hybridized carbons (Fsp3) is 0.625. The Balaban J connectivity index is 0.000000127. The van der Waals surface area contributed by atoms with Crippen LogP contribution in [-0.4, -0.2) is 16.2 Å². The van der Waals surface area contributed by atoms with Gasteiger partial charge in [-0.15, -0.1) is 5.10 Å². The summed E-state index contributed by atoms with van der Waals surface area (Å²) in [5, 5.41) is 6.40. The van der Waals surface area contributed by atoms with Crippen LogP contribution in [0.4, 0.5) is 0 Å². The molecule has 4 nitrogen and oxygen atoms in total. The minimum Gasteiger partial charge on any atom is -0.346 e. The summed E-state index contributed by atoms with van der Waals surface area (Å²) in [5.74, 6) is 0.464. The first kappa shape index (κ1) is 8.90. The largest absolute Gasteiger partial charge is 0.346 e. The minimum absolute atomic E-state index is 0.464. The van der Waals surface area contributed by atoms with Crippen molar-refractivity contribution in [3.05, 3.63) is 12.5 Å². The molecule has 1 heterocycles. The van der Waals surface area contributed by atoms with Crippen LogP contribution in [0, 0.1) is 0 Å². The van der Waals surface area contributed by atoms with Crippen molar-refractivity contribution < 1.29 is 9.32 Å². The highest BCUT2D eigenvalue weighted by Crippen LogP contribution is 2.12. The number of carbonyl (C=O) groups is 1. The molecule has 0 aliphatic heterocycles. The van der Waals surface area contributed by atoms with E-state index in [1.54, 1.807) is 0 Å². The van der Waals surface area contributed by atoms with Crippen LogP contribution in [0.15, 0.2) is 17.0 Å². The molecule has 0 aromatic carbocycles. The maximum Gasteiger partial charge on any atom is 0.144 e. The van der Waals surface area contributed by atoms with E-state index in [1.165, 1.54) is 18.9 Å². The summed E-state index contributed by atoms with van der Waals surface area (Å²) >= 11 is 0. The average Bonchev–Trinajstić information content (AvgIpc) is 2.62. The smallest absolute Gasteiger partial charge is 0.144 e. The Hall–Kier alpha value is -1.19. The molecule has 0 atom stereocenters. The summed E-state index contributed by atoms with van der Waals surface area (Å²) in [5.41, 5.74) is 0. The van der Waals surface area contributed by atoms with Crippen LogP contribution in [0.25, 0.3) is 0 Å². The lowest BCUT2D eigenvalue weighted by Gasteiger charge is -2.05. The van der Waals surface area contributed by atoms with Gasteiger partial charge < -0.3 is 4.52 Å². The third kappa shape index (κ3) is 3.85. The van der Waals surface area contributed by atoms with Gasteiger partial charge in [-0.3, -0.25) is 4.79 Å². The quantitative estimate of drug-likeness (QED) is 0.590. The Morgan fingerprint density at radius 1 is 1.25 bits per heavy atom. The maximum atomic E-state index is 10.5. The summed E-state index contributed by atoms with van der Waals surface area (Å²) in [6, 6.07) is 0. The van der Waals surface area contributed by atoms with E-state index < -0.39 is 0 Å². The van der Waals surface area contributed by atoms with Gasteiger partial charge in [-0.05, 0) is 12.8 Å². The molecule has 0 spiro atoms. The average molecular weight is 168 g/mol. The van der Waals surface area contributed by atoms with Crippen LogP contribution in [0.1, 0.15) is 32.1 Å². The molecule has 0 radical (unpaired) electrons. The summed E-state index contributed by atoms with van der Waals surface area (Å²) < 4.78 is 4.22. The topological polar surface area (TPSA) is 56.0 Å². The van der Waals surface area contributed by atoms with E-state index >= 15 is 0 Å². The Morgan fingerprint density at radius 3 is 2.25 bits per heavy atom. The molecular formula is C8H12N2O2. The molecule has 1 aliphatic carbocycles. The van der Waals surface area contributed by atoms with Gasteiger partial charge in [0.2, 0.25) is 0 Å². The van der Waals surface area contributed by atoms with Crippen molar-refractivity contribution in [1.29, 1.82) is 0 Å². The third-order valence-electron chi connectivity index (χ3n) is 1.69. The van der Waals surface area contributed by atoms with E-state index in [0.717, 1.165) is 25.7 Å². The van der Waals surface area contributed by atoms with Gasteiger partial charge in [0.1, 0.15) is 12.0 Å². The van der Waals surface area contributed by atoms with Crippen molar-refractivity contribution in [2.45, 2.75) is 32.1 Å². The highest BCUT2D eigenvalue weighted by molar-refractivity contribution is 5.78. The van der Waals surface area contributed by atoms with Crippen molar-refractivity contribution in [2.75, 3.05) is 0 Å². The monoisotopic (exact) mass is 168 g/mol. The predicted octanol–water partition coefficient (Wildman–Crippen LogP) is 1.59. The molecule has 1 aromatic rings. The molecule has 12 heavy (non-hydrogen) atoms. The van der Waals surface area contributed by atoms with Crippen LogP contribution in [0.3, 0.4) is 0 Å². The summed E-state index contributed by atoms with van der Waals surface area (Å²) in [7, 11) is 0. The van der Waals surface area contributed by atoms with Crippen LogP contribution in [0.5, 0.6) is 0 Å². The Kier molecular flexibility index (Phi) is 4.05. The highest BCUT2D eigenvalue weighted by Gasteiger charge is 2.05. The summed E-state index contributed by atoms with van der Waals surface area (Å²) in [6.07, 6.45) is 8.11. The molecule has 0 bridgehead atoms. The van der Waals surface area contributed by atoms with Crippen LogP contribution >= 0.6 is 0 Å². The van der Waals surface area contributed by atoms with Crippen LogP contribution < -0.4 is 0 Å². The van der Waals surface area contributed by atoms with Gasteiger partial charge in [0.25, 0.3) is 0 Å². The number of hydrogen-bond donors (Lipinski definition) is 0. The van der Waals surface area contributed by atoms with E-state index in [4.69, 9.17) is 0 Å². The number of hydrogen-bond acceptors (Lipinski definition) is 4. The van der Waals surface area contributed by atoms with E-state index in [2.05, 4.69) is 14.9 Å². The van der Waals surface area contributed by atoms with Crippen molar-refractivity contribution in [3.8, 4) is 0 Å². The van der Waals surface area contributed by atoms with Gasteiger partial charge in [-0.2, -0.15) is 0 Å². The zero-order valence-corrected chi connectivity index (χ0v) is 6.90. The van der Waals surface area contributed by atoms with Gasteiger partial charge in [0.05, 0.1) is 6.20 Å². The van der Waals surface area contributed by atoms with Gasteiger partial charge >= 0.3 is 0 Å². The van der Waals surface area contributed by atoms with Crippen molar-refractivity contribution in [1.82, 2.24) is 10.4 Å². The second-order valence-corrected chi connectivity index (χ2v) is 2.69. The number of nitrogens with zero attached hydrogens (tertiary/aromatic N) is 2. The normalized spacial score (nSPS) is 16.5. The molecule has 66 valence electrons. The van der Waals surface area contributed by atoms with Gasteiger partial charge in [-0.25, -0.2) is 0 Å². The molecule has 0 unspecified atom stereocenters. The first-order valence-corrected chi connectivity index (χ1v) is 4.12. The SMILES string of the molecule is O=C1CCCCC1.c1conn1. The second-order valence-electron chi connectivity index (χ2n) is 2.69. The summed E-state index contributed by atoms with van der Waals surface area (Å²) in [6.45, 7) is 0. The number of aromatic nitrogens is 2. The van der Waals surface area contributed by atoms with E-state index in [1.807, 2.05) is 0 Å². The predicted molar refractivity (Wildman–Crippen MR) is 42.4 cm³/mol. The second kappa shape index (κ2) is 5.46. The van der Waals surface area contributed by atoms with Gasteiger partial charge in [-0.1, -0.05) is 6.42 Å². The zero-order chi connectivity index (χ0) is 8.65. The maximum absolute atomic E-state index is 10.5. The van der Waals surface area contributed by atoms with E-state index in [9.17, 15) is 4.79 Å². The molecule has 1 aromatic heterocycles. The van der Waals surface area contributed by atoms with Crippen LogP contribution in [0.2, 0.25) is 0 Å². The van der Waals surface area contributed by atoms with Crippen molar-refractivity contribution >= 4 is 5.78 Å². The molecule has 4 heteroatoms. The van der Waals surface area contributed by atoms with Crippen molar-refractivity contribution in [3.63, 3.8) is 0 Å². The number of ketones is 1. The minimum atomic E-state index is 0.464. The van der Waals surface area contributed by atoms with E-state index in [-0.39, 0.29) is 0 Å². The standard InChI is InChI=1S/C6H10O.C2H2N2O/c7-6-4-2-1-3-5-6;1-2-5-4-3-1/h1-5H2;1-2H. The van der Waals surface area contributed by atoms with Crippen LogP contribution in [-0.2, 0) is 4.79 Å². The van der Waals surface area contributed by atoms with Gasteiger partial charge in [0.15, 0.2) is 0 Å². The fourth-order valence-corrected chi connectivity index (χ4v) is 1.08. The fourth-order valence-electron chi connectivity index (χ4n) is 1.08. The molecule has 0 saturated heterocycles. The lowest BCUT2D eigenvalue weighted by Crippen LogP contribution is -2.02. The molecule has 0 N–H and O–H groups in total. The van der Waals surface area contributed by atoms with E-state index in [0.29, 0.717) is 5.78 Å². The highest BCUT2D eigenvalue weighted by atomic mass is 16.5. The molecule has 1 fully saturated rings.